The quantitative estimate of drug-likeness (QED) is 0.237. The molecular formula is C34H43F2N5O. The minimum absolute atomic E-state index is 0.0128. The zero-order valence-corrected chi connectivity index (χ0v) is 26.3. The lowest BCUT2D eigenvalue weighted by atomic mass is 9.95. The summed E-state index contributed by atoms with van der Waals surface area (Å²) in [5.41, 5.74) is 0.143. The van der Waals surface area contributed by atoms with Crippen molar-refractivity contribution < 1.29 is 13.9 Å². The van der Waals surface area contributed by atoms with E-state index in [0.29, 0.717) is 27.8 Å². The summed E-state index contributed by atoms with van der Waals surface area (Å²) in [5.74, 6) is 2.06. The lowest BCUT2D eigenvalue weighted by Crippen LogP contribution is -2.63. The molecule has 0 aliphatic carbocycles. The Hall–Kier alpha value is -3.83. The molecule has 224 valence electrons. The van der Waals surface area contributed by atoms with Crippen LogP contribution in [0.1, 0.15) is 79.6 Å². The number of pyridine rings is 1. The first-order valence-electron chi connectivity index (χ1n) is 14.9. The highest BCUT2D eigenvalue weighted by molar-refractivity contribution is 6.03. The number of phenolic OH excluding ortho intramolecular Hbond substituents is 1. The molecule has 2 atom stereocenters. The number of aromatic nitrogens is 3. The Bertz CT molecular complexity index is 1610. The van der Waals surface area contributed by atoms with Crippen molar-refractivity contribution in [3.05, 3.63) is 53.5 Å². The number of anilines is 1. The number of nitrogens with one attached hydrogen (secondary N) is 1. The molecule has 2 bridgehead atoms. The number of halogens is 2. The summed E-state index contributed by atoms with van der Waals surface area (Å²) in [7, 11) is 0. The van der Waals surface area contributed by atoms with Crippen LogP contribution in [0.2, 0.25) is 0 Å². The average molecular weight is 576 g/mol. The van der Waals surface area contributed by atoms with Crippen molar-refractivity contribution in [3.63, 3.8) is 0 Å². The first-order valence-corrected chi connectivity index (χ1v) is 14.9. The second-order valence-corrected chi connectivity index (χ2v) is 10.5. The van der Waals surface area contributed by atoms with Crippen LogP contribution in [-0.4, -0.2) is 44.2 Å². The van der Waals surface area contributed by atoms with Crippen LogP contribution in [0.5, 0.6) is 5.75 Å². The van der Waals surface area contributed by atoms with Gasteiger partial charge < -0.3 is 15.3 Å². The third kappa shape index (κ3) is 5.89. The highest BCUT2D eigenvalue weighted by atomic mass is 19.1. The zero-order chi connectivity index (χ0) is 31.4. The van der Waals surface area contributed by atoms with Gasteiger partial charge in [0.05, 0.1) is 10.9 Å². The molecular weight excluding hydrogens is 532 g/mol. The van der Waals surface area contributed by atoms with Crippen LogP contribution in [0.3, 0.4) is 0 Å². The van der Waals surface area contributed by atoms with Crippen molar-refractivity contribution in [3.8, 4) is 29.4 Å². The van der Waals surface area contributed by atoms with E-state index in [9.17, 15) is 9.50 Å². The number of terminal acetylenes is 1. The third-order valence-electron chi connectivity index (χ3n) is 7.44. The standard InChI is InChI=1S/C28H25F2N5O.3C2H6/c1-5-18-21(29)7-6-16-10-17(36)11-19(22(16)18)24-23(30)25-20(12-31-24)26(33-15(2)32-25)35-13-27(3)8-9-28(4,14-35)34-27;3*1-2/h1,6-7,10-12,34,36H,8-9,13-14H2,2-4H3;3*1-2H3/t27-,28+;;;. The summed E-state index contributed by atoms with van der Waals surface area (Å²) >= 11 is 0. The van der Waals surface area contributed by atoms with Crippen molar-refractivity contribution in [1.82, 2.24) is 20.3 Å². The van der Waals surface area contributed by atoms with E-state index in [-0.39, 0.29) is 39.2 Å². The monoisotopic (exact) mass is 575 g/mol. The maximum atomic E-state index is 16.2. The average Bonchev–Trinajstić information content (AvgIpc) is 3.22. The molecule has 2 saturated heterocycles. The van der Waals surface area contributed by atoms with E-state index in [0.717, 1.165) is 25.9 Å². The lowest BCUT2D eigenvalue weighted by molar-refractivity contribution is 0.281. The molecule has 2 aliphatic heterocycles. The van der Waals surface area contributed by atoms with Crippen molar-refractivity contribution in [2.45, 2.75) is 86.2 Å². The van der Waals surface area contributed by atoms with Crippen molar-refractivity contribution in [2.75, 3.05) is 18.0 Å². The maximum absolute atomic E-state index is 16.2. The van der Waals surface area contributed by atoms with Gasteiger partial charge in [0.25, 0.3) is 0 Å². The minimum Gasteiger partial charge on any atom is -0.508 e. The number of rotatable bonds is 2. The van der Waals surface area contributed by atoms with Crippen LogP contribution in [0, 0.1) is 30.9 Å². The fourth-order valence-corrected chi connectivity index (χ4v) is 6.02. The molecule has 8 heteroatoms. The second-order valence-electron chi connectivity index (χ2n) is 10.5. The van der Waals surface area contributed by atoms with Gasteiger partial charge in [-0.1, -0.05) is 53.5 Å². The number of hydrogen-bond donors (Lipinski definition) is 2. The number of fused-ring (bicyclic) bond motifs is 4. The van der Waals surface area contributed by atoms with Crippen molar-refractivity contribution in [1.29, 1.82) is 0 Å². The lowest BCUT2D eigenvalue weighted by Gasteiger charge is -2.44. The molecule has 0 saturated carbocycles. The summed E-state index contributed by atoms with van der Waals surface area (Å²) in [6, 6.07) is 5.54. The molecule has 4 aromatic rings. The predicted octanol–water partition coefficient (Wildman–Crippen LogP) is 7.92. The van der Waals surface area contributed by atoms with Crippen LogP contribution in [0.25, 0.3) is 32.9 Å². The van der Waals surface area contributed by atoms with Gasteiger partial charge in [-0.05, 0) is 57.2 Å². The molecule has 2 aromatic heterocycles. The Morgan fingerprint density at radius 2 is 1.60 bits per heavy atom. The molecule has 42 heavy (non-hydrogen) atoms. The van der Waals surface area contributed by atoms with E-state index < -0.39 is 11.6 Å². The largest absolute Gasteiger partial charge is 0.508 e. The molecule has 6 rings (SSSR count). The molecule has 2 aliphatic rings. The maximum Gasteiger partial charge on any atom is 0.175 e. The Morgan fingerprint density at radius 3 is 2.19 bits per heavy atom. The van der Waals surface area contributed by atoms with Crippen LogP contribution in [0.15, 0.2) is 30.5 Å². The van der Waals surface area contributed by atoms with Crippen LogP contribution < -0.4 is 10.2 Å². The van der Waals surface area contributed by atoms with E-state index in [1.54, 1.807) is 13.1 Å². The number of phenols is 1. The Labute approximate surface area is 248 Å². The Balaban J connectivity index is 0.000000760. The number of aromatic hydroxyl groups is 1. The first-order chi connectivity index (χ1) is 20.1. The summed E-state index contributed by atoms with van der Waals surface area (Å²) in [4.78, 5) is 15.8. The number of piperazine rings is 1. The molecule has 0 amide bonds. The SMILES string of the molecule is C#Cc1c(F)ccc2cc(O)cc(-c3ncc4c(N5C[C@]6(C)CC[C@](C)(C5)N6)nc(C)nc4c3F)c12.CC.CC.CC. The van der Waals surface area contributed by atoms with E-state index in [1.807, 2.05) is 41.5 Å². The number of aryl methyl sites for hydroxylation is 1. The molecule has 0 unspecified atom stereocenters. The molecule has 0 spiro atoms. The van der Waals surface area contributed by atoms with Gasteiger partial charge in [0.1, 0.15) is 34.4 Å². The fourth-order valence-electron chi connectivity index (χ4n) is 6.02. The Kier molecular flexibility index (Phi) is 10.1. The summed E-state index contributed by atoms with van der Waals surface area (Å²) in [6.45, 7) is 19.6. The summed E-state index contributed by atoms with van der Waals surface area (Å²) in [5, 5.41) is 15.4. The molecule has 4 heterocycles. The molecule has 2 fully saturated rings. The second kappa shape index (κ2) is 13.0. The summed E-state index contributed by atoms with van der Waals surface area (Å²) < 4.78 is 30.7. The van der Waals surface area contributed by atoms with Gasteiger partial charge in [0, 0.05) is 41.3 Å². The van der Waals surface area contributed by atoms with Crippen LogP contribution in [-0.2, 0) is 0 Å². The fraction of sp³-hybridized carbons (Fsp3) is 0.441. The first kappa shape index (κ1) is 32.7. The van der Waals surface area contributed by atoms with Crippen molar-refractivity contribution >= 4 is 27.5 Å². The van der Waals surface area contributed by atoms with Gasteiger partial charge in [-0.2, -0.15) is 0 Å². The van der Waals surface area contributed by atoms with E-state index in [4.69, 9.17) is 11.4 Å². The number of nitrogens with zero attached hydrogens (tertiary/aromatic N) is 4. The topological polar surface area (TPSA) is 74.2 Å². The van der Waals surface area contributed by atoms with Crippen molar-refractivity contribution in [2.24, 2.45) is 0 Å². The van der Waals surface area contributed by atoms with E-state index in [1.165, 1.54) is 24.3 Å². The highest BCUT2D eigenvalue weighted by Gasteiger charge is 2.48. The molecule has 0 radical (unpaired) electrons. The van der Waals surface area contributed by atoms with Crippen LogP contribution in [0.4, 0.5) is 14.6 Å². The van der Waals surface area contributed by atoms with E-state index in [2.05, 4.69) is 40.0 Å². The van der Waals surface area contributed by atoms with Gasteiger partial charge in [0.15, 0.2) is 5.82 Å². The van der Waals surface area contributed by atoms with Gasteiger partial charge in [-0.25, -0.2) is 18.7 Å². The zero-order valence-electron chi connectivity index (χ0n) is 26.3. The smallest absolute Gasteiger partial charge is 0.175 e. The summed E-state index contributed by atoms with van der Waals surface area (Å²) in [6.07, 6.45) is 9.27. The predicted molar refractivity (Wildman–Crippen MR) is 170 cm³/mol. The van der Waals surface area contributed by atoms with E-state index >= 15 is 4.39 Å². The Morgan fingerprint density at radius 1 is 0.976 bits per heavy atom. The normalized spacial score (nSPS) is 20.5. The van der Waals surface area contributed by atoms with Gasteiger partial charge in [-0.15, -0.1) is 6.42 Å². The highest BCUT2D eigenvalue weighted by Crippen LogP contribution is 2.41. The molecule has 2 N–H and O–H groups in total. The number of benzene rings is 2. The third-order valence-corrected chi connectivity index (χ3v) is 7.44. The minimum atomic E-state index is -0.672. The van der Waals surface area contributed by atoms with Gasteiger partial charge >= 0.3 is 0 Å². The molecule has 6 nitrogen and oxygen atoms in total. The molecule has 2 aromatic carbocycles. The van der Waals surface area contributed by atoms with Crippen LogP contribution >= 0.6 is 0 Å². The van der Waals surface area contributed by atoms with Gasteiger partial charge in [-0.3, -0.25) is 4.98 Å². The van der Waals surface area contributed by atoms with Gasteiger partial charge in [0.2, 0.25) is 0 Å². The number of hydrogen-bond acceptors (Lipinski definition) is 6.